The van der Waals surface area contributed by atoms with Gasteiger partial charge in [-0.2, -0.15) is 0 Å². The summed E-state index contributed by atoms with van der Waals surface area (Å²) in [6.45, 7) is 1.47. The highest BCUT2D eigenvalue weighted by atomic mass is 79.9. The maximum Gasteiger partial charge on any atom is 0.225 e. The summed E-state index contributed by atoms with van der Waals surface area (Å²) in [5.41, 5.74) is 0. The Hall–Kier alpha value is -0.730. The molecule has 6 nitrogen and oxygen atoms in total. The second-order valence-corrected chi connectivity index (χ2v) is 7.23. The van der Waals surface area contributed by atoms with Crippen LogP contribution in [0.4, 0.5) is 5.95 Å². The Labute approximate surface area is 115 Å². The van der Waals surface area contributed by atoms with Crippen molar-refractivity contribution in [1.29, 1.82) is 0 Å². The van der Waals surface area contributed by atoms with Crippen LogP contribution in [0.15, 0.2) is 18.5 Å². The zero-order valence-corrected chi connectivity index (χ0v) is 12.2. The molecular formula is C10H15BrN4O2S. The third-order valence-corrected chi connectivity index (χ3v) is 5.53. The quantitative estimate of drug-likeness (QED) is 0.821. The van der Waals surface area contributed by atoms with Crippen molar-refractivity contribution in [1.82, 2.24) is 14.7 Å². The van der Waals surface area contributed by atoms with Crippen molar-refractivity contribution in [2.24, 2.45) is 0 Å². The van der Waals surface area contributed by atoms with Crippen molar-refractivity contribution >= 4 is 31.9 Å². The predicted molar refractivity (Wildman–Crippen MR) is 73.1 cm³/mol. The molecule has 1 unspecified atom stereocenters. The van der Waals surface area contributed by atoms with Crippen LogP contribution >= 0.6 is 15.9 Å². The van der Waals surface area contributed by atoms with Crippen LogP contribution in [0.25, 0.3) is 0 Å². The van der Waals surface area contributed by atoms with Crippen molar-refractivity contribution in [3.8, 4) is 0 Å². The van der Waals surface area contributed by atoms with Crippen LogP contribution in [-0.2, 0) is 10.0 Å². The number of nitrogens with zero attached hydrogens (tertiary/aromatic N) is 3. The first kappa shape index (κ1) is 13.7. The molecule has 1 aliphatic rings. The number of anilines is 1. The number of aromatic nitrogens is 2. The van der Waals surface area contributed by atoms with E-state index in [4.69, 9.17) is 0 Å². The minimum Gasteiger partial charge on any atom is -0.339 e. The highest BCUT2D eigenvalue weighted by molar-refractivity contribution is 9.10. The van der Waals surface area contributed by atoms with Gasteiger partial charge in [-0.05, 0) is 18.9 Å². The Morgan fingerprint density at radius 2 is 2.17 bits per heavy atom. The number of nitrogens with one attached hydrogen (secondary N) is 1. The largest absolute Gasteiger partial charge is 0.339 e. The van der Waals surface area contributed by atoms with Crippen molar-refractivity contribution in [2.75, 3.05) is 22.7 Å². The zero-order valence-electron chi connectivity index (χ0n) is 9.79. The normalized spacial score (nSPS) is 20.9. The van der Waals surface area contributed by atoms with Crippen LogP contribution in [0.1, 0.15) is 12.8 Å². The van der Waals surface area contributed by atoms with E-state index in [0.29, 0.717) is 12.5 Å². The van der Waals surface area contributed by atoms with Crippen LogP contribution in [-0.4, -0.2) is 42.2 Å². The summed E-state index contributed by atoms with van der Waals surface area (Å²) in [7, 11) is -3.23. The minimum atomic E-state index is -3.23. The fourth-order valence-corrected chi connectivity index (χ4v) is 3.15. The van der Waals surface area contributed by atoms with E-state index in [-0.39, 0.29) is 10.7 Å². The number of alkyl halides is 1. The van der Waals surface area contributed by atoms with Crippen molar-refractivity contribution in [3.63, 3.8) is 0 Å². The molecule has 8 heteroatoms. The van der Waals surface area contributed by atoms with Crippen LogP contribution in [0.3, 0.4) is 0 Å². The molecular weight excluding hydrogens is 320 g/mol. The van der Waals surface area contributed by atoms with Gasteiger partial charge in [0.2, 0.25) is 16.0 Å². The summed E-state index contributed by atoms with van der Waals surface area (Å²) in [5, 5.41) is 0. The van der Waals surface area contributed by atoms with E-state index in [0.717, 1.165) is 19.4 Å². The van der Waals surface area contributed by atoms with Gasteiger partial charge in [0.15, 0.2) is 0 Å². The van der Waals surface area contributed by atoms with E-state index in [1.165, 1.54) is 0 Å². The number of halogens is 1. The van der Waals surface area contributed by atoms with Gasteiger partial charge in [0.1, 0.15) is 4.66 Å². The Bertz CT molecular complexity index is 482. The summed E-state index contributed by atoms with van der Waals surface area (Å²) >= 11 is 2.97. The predicted octanol–water partition coefficient (Wildman–Crippen LogP) is 0.717. The molecule has 0 amide bonds. The summed E-state index contributed by atoms with van der Waals surface area (Å²) in [6, 6.07) is 1.68. The van der Waals surface area contributed by atoms with Crippen molar-refractivity contribution in [3.05, 3.63) is 18.5 Å². The molecule has 0 aliphatic carbocycles. The number of piperidine rings is 1. The summed E-state index contributed by atoms with van der Waals surface area (Å²) in [6.07, 6.45) is 5.15. The van der Waals surface area contributed by atoms with Gasteiger partial charge in [0.25, 0.3) is 0 Å². The fraction of sp³-hybridized carbons (Fsp3) is 0.600. The molecule has 0 spiro atoms. The molecule has 0 aromatic carbocycles. The van der Waals surface area contributed by atoms with E-state index in [9.17, 15) is 8.42 Å². The van der Waals surface area contributed by atoms with Gasteiger partial charge in [-0.1, -0.05) is 15.9 Å². The topological polar surface area (TPSA) is 75.2 Å². The maximum absolute atomic E-state index is 11.5. The second kappa shape index (κ2) is 5.94. The summed E-state index contributed by atoms with van der Waals surface area (Å²) in [5.74, 6) is 0.653. The van der Waals surface area contributed by atoms with Gasteiger partial charge in [-0.25, -0.2) is 23.1 Å². The van der Waals surface area contributed by atoms with Crippen molar-refractivity contribution in [2.45, 2.75) is 18.9 Å². The van der Waals surface area contributed by atoms with Gasteiger partial charge < -0.3 is 4.90 Å². The highest BCUT2D eigenvalue weighted by Crippen LogP contribution is 2.15. The average Bonchev–Trinajstić information content (AvgIpc) is 2.40. The zero-order chi connectivity index (χ0) is 13.0. The first-order valence-electron chi connectivity index (χ1n) is 5.68. The van der Waals surface area contributed by atoms with E-state index in [1.54, 1.807) is 18.5 Å². The first-order chi connectivity index (χ1) is 8.61. The van der Waals surface area contributed by atoms with Gasteiger partial charge in [0.05, 0.1) is 0 Å². The molecule has 1 saturated heterocycles. The molecule has 2 rings (SSSR count). The van der Waals surface area contributed by atoms with Crippen LogP contribution in [0.5, 0.6) is 0 Å². The smallest absolute Gasteiger partial charge is 0.225 e. The molecule has 2 heterocycles. The molecule has 1 aliphatic heterocycles. The van der Waals surface area contributed by atoms with Crippen LogP contribution < -0.4 is 9.62 Å². The van der Waals surface area contributed by atoms with Gasteiger partial charge in [-0.3, -0.25) is 0 Å². The Morgan fingerprint density at radius 1 is 1.44 bits per heavy atom. The Balaban J connectivity index is 2.01. The lowest BCUT2D eigenvalue weighted by Gasteiger charge is -2.32. The van der Waals surface area contributed by atoms with Crippen LogP contribution in [0, 0.1) is 0 Å². The van der Waals surface area contributed by atoms with Gasteiger partial charge >= 0.3 is 0 Å². The second-order valence-electron chi connectivity index (χ2n) is 4.18. The SMILES string of the molecule is O=S(=O)(CBr)NC1CCCN(c2ncccn2)C1. The van der Waals surface area contributed by atoms with E-state index >= 15 is 0 Å². The maximum atomic E-state index is 11.5. The van der Waals surface area contributed by atoms with E-state index in [1.807, 2.05) is 4.90 Å². The molecule has 0 bridgehead atoms. The lowest BCUT2D eigenvalue weighted by Crippen LogP contribution is -2.48. The highest BCUT2D eigenvalue weighted by Gasteiger charge is 2.24. The Kier molecular flexibility index (Phi) is 4.52. The number of hydrogen-bond acceptors (Lipinski definition) is 5. The molecule has 1 atom stereocenters. The summed E-state index contributed by atoms with van der Waals surface area (Å²) < 4.78 is 25.6. The molecule has 0 saturated carbocycles. The molecule has 1 aromatic heterocycles. The number of rotatable bonds is 4. The van der Waals surface area contributed by atoms with E-state index < -0.39 is 10.0 Å². The first-order valence-corrected chi connectivity index (χ1v) is 8.46. The van der Waals surface area contributed by atoms with Crippen molar-refractivity contribution < 1.29 is 8.42 Å². The molecule has 100 valence electrons. The lowest BCUT2D eigenvalue weighted by molar-refractivity contribution is 0.463. The molecule has 1 N–H and O–H groups in total. The van der Waals surface area contributed by atoms with Gasteiger partial charge in [0, 0.05) is 31.5 Å². The molecule has 1 fully saturated rings. The van der Waals surface area contributed by atoms with E-state index in [2.05, 4.69) is 30.6 Å². The number of sulfonamides is 1. The standard InChI is InChI=1S/C10H15BrN4O2S/c11-8-18(16,17)14-9-3-1-6-15(7-9)10-12-4-2-5-13-10/h2,4-5,9,14H,1,3,6-8H2. The Morgan fingerprint density at radius 3 is 2.83 bits per heavy atom. The average molecular weight is 335 g/mol. The molecule has 0 radical (unpaired) electrons. The monoisotopic (exact) mass is 334 g/mol. The third kappa shape index (κ3) is 3.63. The third-order valence-electron chi connectivity index (χ3n) is 2.75. The summed E-state index contributed by atoms with van der Waals surface area (Å²) in [4.78, 5) is 10.4. The van der Waals surface area contributed by atoms with Crippen LogP contribution in [0.2, 0.25) is 0 Å². The lowest BCUT2D eigenvalue weighted by atomic mass is 10.1. The fourth-order valence-electron chi connectivity index (χ4n) is 1.99. The molecule has 18 heavy (non-hydrogen) atoms. The minimum absolute atomic E-state index is 0.0711. The number of hydrogen-bond donors (Lipinski definition) is 1. The molecule has 1 aromatic rings. The van der Waals surface area contributed by atoms with Gasteiger partial charge in [-0.15, -0.1) is 0 Å².